The highest BCUT2D eigenvalue weighted by Gasteiger charge is 2.33. The lowest BCUT2D eigenvalue weighted by Crippen LogP contribution is -2.59. The van der Waals surface area contributed by atoms with Gasteiger partial charge in [-0.15, -0.1) is 13.2 Å². The van der Waals surface area contributed by atoms with Crippen molar-refractivity contribution in [2.24, 2.45) is 5.41 Å². The molecule has 0 aliphatic carbocycles. The van der Waals surface area contributed by atoms with E-state index in [4.69, 9.17) is 0 Å². The van der Waals surface area contributed by atoms with Gasteiger partial charge in [-0.25, -0.2) is 28.1 Å². The van der Waals surface area contributed by atoms with Crippen LogP contribution < -0.4 is 17.1 Å². The van der Waals surface area contributed by atoms with Gasteiger partial charge in [0.05, 0.1) is 13.1 Å². The zero-order valence-electron chi connectivity index (χ0n) is 15.5. The molecule has 0 spiro atoms. The van der Waals surface area contributed by atoms with Crippen LogP contribution in [0.2, 0.25) is 0 Å². The molecule has 0 atom stereocenters. The molecule has 0 radical (unpaired) electrons. The average molecular weight is 335 g/mol. The highest BCUT2D eigenvalue weighted by Crippen LogP contribution is 2.33. The molecule has 0 aliphatic heterocycles. The summed E-state index contributed by atoms with van der Waals surface area (Å²) in [5.41, 5.74) is -2.60. The van der Waals surface area contributed by atoms with Gasteiger partial charge >= 0.3 is 17.1 Å². The third kappa shape index (κ3) is 3.86. The second kappa shape index (κ2) is 7.20. The molecule has 0 bridgehead atoms. The maximum Gasteiger partial charge on any atom is 0.337 e. The summed E-state index contributed by atoms with van der Waals surface area (Å²) >= 11 is 0. The number of rotatable bonds is 8. The van der Waals surface area contributed by atoms with Crippen LogP contribution in [0.15, 0.2) is 39.7 Å². The molecule has 0 saturated heterocycles. The first-order valence-electron chi connectivity index (χ1n) is 8.21. The van der Waals surface area contributed by atoms with Crippen molar-refractivity contribution in [2.45, 2.75) is 66.1 Å². The Balaban J connectivity index is 3.78. The maximum atomic E-state index is 12.8. The molecule has 0 aromatic carbocycles. The summed E-state index contributed by atoms with van der Waals surface area (Å²) in [6, 6.07) is 0. The molecule has 0 unspecified atom stereocenters. The fourth-order valence-corrected chi connectivity index (χ4v) is 3.10. The molecule has 1 aromatic heterocycles. The Bertz CT molecular complexity index is 743. The molecule has 6 heteroatoms. The fourth-order valence-electron chi connectivity index (χ4n) is 3.10. The summed E-state index contributed by atoms with van der Waals surface area (Å²) < 4.78 is 3.27. The van der Waals surface area contributed by atoms with E-state index in [1.54, 1.807) is 0 Å². The minimum absolute atomic E-state index is 0.0436. The highest BCUT2D eigenvalue weighted by molar-refractivity contribution is 4.92. The van der Waals surface area contributed by atoms with Gasteiger partial charge in [0, 0.05) is 5.54 Å². The zero-order valence-corrected chi connectivity index (χ0v) is 15.5. The first kappa shape index (κ1) is 19.9. The molecule has 1 rings (SSSR count). The van der Waals surface area contributed by atoms with Crippen LogP contribution in [0.5, 0.6) is 0 Å². The van der Waals surface area contributed by atoms with Gasteiger partial charge in [0.25, 0.3) is 0 Å². The minimum atomic E-state index is -0.729. The molecule has 0 saturated carbocycles. The molecule has 6 nitrogen and oxygen atoms in total. The van der Waals surface area contributed by atoms with E-state index >= 15 is 0 Å². The summed E-state index contributed by atoms with van der Waals surface area (Å²) in [6.45, 7) is 17.3. The second-order valence-corrected chi connectivity index (χ2v) is 7.49. The largest absolute Gasteiger partial charge is 0.337 e. The van der Waals surface area contributed by atoms with E-state index in [0.717, 1.165) is 15.6 Å². The standard InChI is InChI=1S/C18H29N3O3/c1-8-11-19-14(22)20(12-9-2)16(24)21(15(19)23)18(6,7)13-17(4,5)10-3/h8-9H,1-2,10-13H2,3-7H3. The minimum Gasteiger partial charge on any atom is -0.247 e. The van der Waals surface area contributed by atoms with Crippen molar-refractivity contribution in [1.82, 2.24) is 13.7 Å². The first-order valence-corrected chi connectivity index (χ1v) is 8.21. The molecule has 0 N–H and O–H groups in total. The maximum absolute atomic E-state index is 12.8. The van der Waals surface area contributed by atoms with Crippen LogP contribution >= 0.6 is 0 Å². The van der Waals surface area contributed by atoms with Gasteiger partial charge in [-0.1, -0.05) is 39.3 Å². The second-order valence-electron chi connectivity index (χ2n) is 7.49. The number of nitrogens with zero attached hydrogens (tertiary/aromatic N) is 3. The Morgan fingerprint density at radius 2 is 1.29 bits per heavy atom. The van der Waals surface area contributed by atoms with Crippen LogP contribution in [0.1, 0.15) is 47.5 Å². The first-order chi connectivity index (χ1) is 11.0. The molecular weight excluding hydrogens is 306 g/mol. The van der Waals surface area contributed by atoms with Crippen LogP contribution in [0, 0.1) is 5.41 Å². The summed E-state index contributed by atoms with van der Waals surface area (Å²) in [4.78, 5) is 38.1. The Labute approximate surface area is 142 Å². The SMILES string of the molecule is C=CCn1c(=O)n(CC=C)c(=O)n(C(C)(C)CC(C)(C)CC)c1=O. The molecule has 1 heterocycles. The third-order valence-corrected chi connectivity index (χ3v) is 4.40. The van der Waals surface area contributed by atoms with E-state index in [1.165, 1.54) is 16.7 Å². The van der Waals surface area contributed by atoms with Crippen LogP contribution in [0.3, 0.4) is 0 Å². The number of aromatic nitrogens is 3. The molecule has 0 aliphatic rings. The average Bonchev–Trinajstić information content (AvgIpc) is 2.46. The van der Waals surface area contributed by atoms with Gasteiger partial charge in [-0.05, 0) is 25.7 Å². The van der Waals surface area contributed by atoms with Crippen molar-refractivity contribution in [3.05, 3.63) is 56.8 Å². The smallest absolute Gasteiger partial charge is 0.247 e. The predicted molar refractivity (Wildman–Crippen MR) is 97.6 cm³/mol. The van der Waals surface area contributed by atoms with E-state index in [0.29, 0.717) is 6.42 Å². The van der Waals surface area contributed by atoms with Crippen molar-refractivity contribution < 1.29 is 0 Å². The number of allylic oxidation sites excluding steroid dienone is 2. The molecule has 0 amide bonds. The van der Waals surface area contributed by atoms with E-state index < -0.39 is 22.6 Å². The van der Waals surface area contributed by atoms with Gasteiger partial charge in [-0.2, -0.15) is 0 Å². The van der Waals surface area contributed by atoms with E-state index in [2.05, 4.69) is 33.9 Å². The summed E-state index contributed by atoms with van der Waals surface area (Å²) in [5.74, 6) is 0. The normalized spacial score (nSPS) is 12.2. The monoisotopic (exact) mass is 335 g/mol. The zero-order chi connectivity index (χ0) is 18.7. The molecule has 24 heavy (non-hydrogen) atoms. The van der Waals surface area contributed by atoms with E-state index in [1.807, 2.05) is 13.8 Å². The van der Waals surface area contributed by atoms with Crippen molar-refractivity contribution in [3.8, 4) is 0 Å². The summed E-state index contributed by atoms with van der Waals surface area (Å²) in [6.07, 6.45) is 4.49. The lowest BCUT2D eigenvalue weighted by atomic mass is 9.78. The topological polar surface area (TPSA) is 66.0 Å². The van der Waals surface area contributed by atoms with Crippen molar-refractivity contribution in [1.29, 1.82) is 0 Å². The number of hydrogen-bond donors (Lipinski definition) is 0. The molecule has 134 valence electrons. The lowest BCUT2D eigenvalue weighted by Gasteiger charge is -2.35. The summed E-state index contributed by atoms with van der Waals surface area (Å²) in [7, 11) is 0. The van der Waals surface area contributed by atoms with Crippen molar-refractivity contribution in [2.75, 3.05) is 0 Å². The van der Waals surface area contributed by atoms with Gasteiger partial charge < -0.3 is 0 Å². The quantitative estimate of drug-likeness (QED) is 0.683. The highest BCUT2D eigenvalue weighted by atomic mass is 16.2. The van der Waals surface area contributed by atoms with Crippen molar-refractivity contribution in [3.63, 3.8) is 0 Å². The van der Waals surface area contributed by atoms with Crippen LogP contribution in [-0.2, 0) is 18.6 Å². The Morgan fingerprint density at radius 1 is 0.875 bits per heavy atom. The molecule has 1 aromatic rings. The molecular formula is C18H29N3O3. The fraction of sp³-hybridized carbons (Fsp3) is 0.611. The van der Waals surface area contributed by atoms with Gasteiger partial charge in [0.2, 0.25) is 0 Å². The van der Waals surface area contributed by atoms with Crippen LogP contribution in [0.4, 0.5) is 0 Å². The van der Waals surface area contributed by atoms with E-state index in [-0.39, 0.29) is 18.5 Å². The van der Waals surface area contributed by atoms with Crippen LogP contribution in [-0.4, -0.2) is 13.7 Å². The Morgan fingerprint density at radius 3 is 1.62 bits per heavy atom. The molecule has 0 fully saturated rings. The van der Waals surface area contributed by atoms with Gasteiger partial charge in [-0.3, -0.25) is 0 Å². The van der Waals surface area contributed by atoms with Gasteiger partial charge in [0.1, 0.15) is 0 Å². The Kier molecular flexibility index (Phi) is 5.98. The van der Waals surface area contributed by atoms with Crippen LogP contribution in [0.25, 0.3) is 0 Å². The van der Waals surface area contributed by atoms with Gasteiger partial charge in [0.15, 0.2) is 0 Å². The number of hydrogen-bond acceptors (Lipinski definition) is 3. The third-order valence-electron chi connectivity index (χ3n) is 4.40. The summed E-state index contributed by atoms with van der Waals surface area (Å²) in [5, 5.41) is 0. The van der Waals surface area contributed by atoms with E-state index in [9.17, 15) is 14.4 Å². The lowest BCUT2D eigenvalue weighted by molar-refractivity contribution is 0.173. The van der Waals surface area contributed by atoms with Crippen molar-refractivity contribution >= 4 is 0 Å². The Hall–Kier alpha value is -2.11. The predicted octanol–water partition coefficient (Wildman–Crippen LogP) is 2.11.